The summed E-state index contributed by atoms with van der Waals surface area (Å²) in [6.07, 6.45) is 0. The van der Waals surface area contributed by atoms with Gasteiger partial charge in [0.15, 0.2) is 0 Å². The molecule has 0 saturated carbocycles. The molecule has 1 aliphatic heterocycles. The molecule has 1 aromatic rings. The second-order valence-corrected chi connectivity index (χ2v) is 5.72. The molecule has 14 heavy (non-hydrogen) atoms. The quantitative estimate of drug-likeness (QED) is 0.839. The third kappa shape index (κ3) is 1.91. The zero-order valence-corrected chi connectivity index (χ0v) is 9.45. The van der Waals surface area contributed by atoms with E-state index < -0.39 is 0 Å². The number of hydrogen-bond donors (Lipinski definition) is 1. The van der Waals surface area contributed by atoms with Gasteiger partial charge in [0.25, 0.3) is 0 Å². The van der Waals surface area contributed by atoms with Crippen molar-refractivity contribution in [3.8, 4) is 0 Å². The maximum Gasteiger partial charge on any atom is 0.248 e. The Kier molecular flexibility index (Phi) is 3.03. The van der Waals surface area contributed by atoms with E-state index in [0.717, 1.165) is 16.3 Å². The smallest absolute Gasteiger partial charge is 0.248 e. The van der Waals surface area contributed by atoms with Gasteiger partial charge >= 0.3 is 0 Å². The molecule has 0 aliphatic carbocycles. The number of carbonyl (C=O) groups is 1. The number of anilines is 1. The van der Waals surface area contributed by atoms with Crippen molar-refractivity contribution in [2.75, 3.05) is 11.1 Å². The van der Waals surface area contributed by atoms with Crippen molar-refractivity contribution >= 4 is 35.1 Å². The zero-order valence-electron chi connectivity index (χ0n) is 7.82. The molecule has 1 unspecified atom stereocenters. The van der Waals surface area contributed by atoms with Crippen LogP contribution in [-0.4, -0.2) is 16.2 Å². The van der Waals surface area contributed by atoms with Crippen molar-refractivity contribution in [2.24, 2.45) is 0 Å². The normalized spacial score (nSPS) is 20.1. The van der Waals surface area contributed by atoms with Gasteiger partial charge in [-0.2, -0.15) is 0 Å². The number of para-hydroxylation sites is 1. The lowest BCUT2D eigenvalue weighted by atomic mass is 10.3. The summed E-state index contributed by atoms with van der Waals surface area (Å²) in [5, 5.41) is 2.91. The SMILES string of the molecule is CCSC1Sc2ccccc2NC1=O. The van der Waals surface area contributed by atoms with E-state index in [4.69, 9.17) is 0 Å². The first-order valence-electron chi connectivity index (χ1n) is 4.49. The summed E-state index contributed by atoms with van der Waals surface area (Å²) in [4.78, 5) is 12.8. The molecule has 0 bridgehead atoms. The zero-order chi connectivity index (χ0) is 9.97. The van der Waals surface area contributed by atoms with E-state index in [2.05, 4.69) is 12.2 Å². The number of hydrogen-bond acceptors (Lipinski definition) is 3. The van der Waals surface area contributed by atoms with Gasteiger partial charge in [-0.15, -0.1) is 11.8 Å². The molecular formula is C10H11NOS2. The number of nitrogens with one attached hydrogen (secondary N) is 1. The van der Waals surface area contributed by atoms with Crippen molar-refractivity contribution in [3.05, 3.63) is 24.3 Å². The fraction of sp³-hybridized carbons (Fsp3) is 0.300. The van der Waals surface area contributed by atoms with Crippen LogP contribution in [-0.2, 0) is 4.79 Å². The van der Waals surface area contributed by atoms with E-state index in [9.17, 15) is 4.79 Å². The summed E-state index contributed by atoms with van der Waals surface area (Å²) < 4.78 is 0.00917. The number of benzene rings is 1. The molecule has 1 aromatic carbocycles. The minimum Gasteiger partial charge on any atom is -0.323 e. The van der Waals surface area contributed by atoms with Gasteiger partial charge in [0.1, 0.15) is 4.58 Å². The molecule has 0 aromatic heterocycles. The summed E-state index contributed by atoms with van der Waals surface area (Å²) >= 11 is 3.32. The monoisotopic (exact) mass is 225 g/mol. The molecule has 2 rings (SSSR count). The van der Waals surface area contributed by atoms with Crippen molar-refractivity contribution < 1.29 is 4.79 Å². The van der Waals surface area contributed by atoms with E-state index in [1.54, 1.807) is 23.5 Å². The van der Waals surface area contributed by atoms with Crippen LogP contribution in [0.25, 0.3) is 0 Å². The van der Waals surface area contributed by atoms with E-state index in [1.165, 1.54) is 0 Å². The van der Waals surface area contributed by atoms with Crippen LogP contribution < -0.4 is 5.32 Å². The summed E-state index contributed by atoms with van der Waals surface area (Å²) in [5.41, 5.74) is 0.940. The van der Waals surface area contributed by atoms with Gasteiger partial charge in [-0.25, -0.2) is 0 Å². The first-order valence-corrected chi connectivity index (χ1v) is 6.42. The van der Waals surface area contributed by atoms with Gasteiger partial charge < -0.3 is 5.32 Å². The highest BCUT2D eigenvalue weighted by atomic mass is 32.2. The minimum absolute atomic E-state index is 0.00917. The Morgan fingerprint density at radius 1 is 1.50 bits per heavy atom. The molecule has 1 heterocycles. The molecule has 74 valence electrons. The standard InChI is InChI=1S/C10H11NOS2/c1-2-13-10-9(12)11-7-5-3-4-6-8(7)14-10/h3-6,10H,2H2,1H3,(H,11,12). The maximum atomic E-state index is 11.6. The maximum absolute atomic E-state index is 11.6. The van der Waals surface area contributed by atoms with Gasteiger partial charge in [0, 0.05) is 4.90 Å². The molecule has 0 saturated heterocycles. The highest BCUT2D eigenvalue weighted by molar-refractivity contribution is 8.18. The lowest BCUT2D eigenvalue weighted by Crippen LogP contribution is -2.26. The Balaban J connectivity index is 2.22. The van der Waals surface area contributed by atoms with Crippen molar-refractivity contribution in [1.29, 1.82) is 0 Å². The predicted octanol–water partition coefficient (Wildman–Crippen LogP) is 2.81. The number of rotatable bonds is 2. The van der Waals surface area contributed by atoms with Crippen LogP contribution in [0.2, 0.25) is 0 Å². The van der Waals surface area contributed by atoms with Crippen LogP contribution in [0.1, 0.15) is 6.92 Å². The first kappa shape index (κ1) is 9.93. The average molecular weight is 225 g/mol. The Hall–Kier alpha value is -0.610. The fourth-order valence-corrected chi connectivity index (χ4v) is 3.60. The fourth-order valence-electron chi connectivity index (χ4n) is 1.29. The number of fused-ring (bicyclic) bond motifs is 1. The summed E-state index contributed by atoms with van der Waals surface area (Å²) in [6.45, 7) is 2.07. The van der Waals surface area contributed by atoms with Gasteiger partial charge in [0.05, 0.1) is 5.69 Å². The Morgan fingerprint density at radius 2 is 2.29 bits per heavy atom. The predicted molar refractivity (Wildman–Crippen MR) is 62.8 cm³/mol. The Labute approximate surface area is 91.8 Å². The van der Waals surface area contributed by atoms with Crippen molar-refractivity contribution in [1.82, 2.24) is 0 Å². The van der Waals surface area contributed by atoms with Crippen molar-refractivity contribution in [3.63, 3.8) is 0 Å². The van der Waals surface area contributed by atoms with E-state index in [1.807, 2.05) is 24.3 Å². The molecule has 1 amide bonds. The van der Waals surface area contributed by atoms with Crippen LogP contribution in [0.4, 0.5) is 5.69 Å². The van der Waals surface area contributed by atoms with Gasteiger partial charge in [-0.05, 0) is 17.9 Å². The lowest BCUT2D eigenvalue weighted by Gasteiger charge is -2.22. The van der Waals surface area contributed by atoms with Gasteiger partial charge in [-0.3, -0.25) is 4.79 Å². The largest absolute Gasteiger partial charge is 0.323 e. The summed E-state index contributed by atoms with van der Waals surface area (Å²) in [7, 11) is 0. The van der Waals surface area contributed by atoms with Crippen LogP contribution >= 0.6 is 23.5 Å². The van der Waals surface area contributed by atoms with Crippen LogP contribution in [0, 0.1) is 0 Å². The van der Waals surface area contributed by atoms with E-state index in [0.29, 0.717) is 0 Å². The molecule has 1 aliphatic rings. The number of carbonyl (C=O) groups excluding carboxylic acids is 1. The minimum atomic E-state index is 0.00917. The third-order valence-corrected chi connectivity index (χ3v) is 4.50. The highest BCUT2D eigenvalue weighted by Crippen LogP contribution is 2.39. The molecule has 0 radical (unpaired) electrons. The van der Waals surface area contributed by atoms with E-state index >= 15 is 0 Å². The summed E-state index contributed by atoms with van der Waals surface area (Å²) in [5.74, 6) is 1.08. The lowest BCUT2D eigenvalue weighted by molar-refractivity contribution is -0.114. The van der Waals surface area contributed by atoms with Crippen LogP contribution in [0.15, 0.2) is 29.2 Å². The molecule has 1 atom stereocenters. The topological polar surface area (TPSA) is 29.1 Å². The molecule has 0 fully saturated rings. The Bertz CT molecular complexity index is 354. The molecule has 0 spiro atoms. The first-order chi connectivity index (χ1) is 6.81. The number of amides is 1. The van der Waals surface area contributed by atoms with Crippen molar-refractivity contribution in [2.45, 2.75) is 16.4 Å². The average Bonchev–Trinajstić information content (AvgIpc) is 2.19. The molecule has 1 N–H and O–H groups in total. The number of thioether (sulfide) groups is 2. The van der Waals surface area contributed by atoms with Gasteiger partial charge in [-0.1, -0.05) is 30.8 Å². The summed E-state index contributed by atoms with van der Waals surface area (Å²) in [6, 6.07) is 7.92. The van der Waals surface area contributed by atoms with Crippen LogP contribution in [0.3, 0.4) is 0 Å². The molecule has 4 heteroatoms. The Morgan fingerprint density at radius 3 is 3.07 bits per heavy atom. The van der Waals surface area contributed by atoms with Gasteiger partial charge in [0.2, 0.25) is 5.91 Å². The second-order valence-electron chi connectivity index (χ2n) is 2.89. The van der Waals surface area contributed by atoms with E-state index in [-0.39, 0.29) is 10.5 Å². The van der Waals surface area contributed by atoms with Crippen LogP contribution in [0.5, 0.6) is 0 Å². The highest BCUT2D eigenvalue weighted by Gasteiger charge is 2.26. The second kappa shape index (κ2) is 4.28. The molecule has 2 nitrogen and oxygen atoms in total. The molecular weight excluding hydrogens is 214 g/mol. The third-order valence-electron chi connectivity index (χ3n) is 1.91.